The molecule has 0 aromatic carbocycles. The van der Waals surface area contributed by atoms with Crippen LogP contribution < -0.4 is 5.73 Å². The van der Waals surface area contributed by atoms with Crippen molar-refractivity contribution < 1.29 is 4.42 Å². The van der Waals surface area contributed by atoms with E-state index in [9.17, 15) is 0 Å². The number of likely N-dealkylation sites (N-methyl/N-ethyl adjacent to an activating group) is 1. The van der Waals surface area contributed by atoms with Gasteiger partial charge in [-0.05, 0) is 26.5 Å². The average molecular weight is 210 g/mol. The van der Waals surface area contributed by atoms with E-state index in [0.29, 0.717) is 6.54 Å². The minimum atomic E-state index is 0.0893. The van der Waals surface area contributed by atoms with Crippen molar-refractivity contribution in [1.29, 1.82) is 0 Å². The molecule has 86 valence electrons. The maximum Gasteiger partial charge on any atom is 0.0947 e. The fourth-order valence-corrected chi connectivity index (χ4v) is 1.83. The zero-order chi connectivity index (χ0) is 11.3. The molecular formula is C12H22N2O. The molecule has 1 rings (SSSR count). The number of rotatable bonds is 6. The minimum Gasteiger partial charge on any atom is -0.472 e. The van der Waals surface area contributed by atoms with Crippen molar-refractivity contribution in [3.05, 3.63) is 24.2 Å². The number of hydrogen-bond donors (Lipinski definition) is 1. The van der Waals surface area contributed by atoms with Gasteiger partial charge in [-0.15, -0.1) is 0 Å². The Kier molecular flexibility index (Phi) is 4.36. The monoisotopic (exact) mass is 210 g/mol. The molecule has 1 unspecified atom stereocenters. The third kappa shape index (κ3) is 3.08. The van der Waals surface area contributed by atoms with Crippen LogP contribution in [0.3, 0.4) is 0 Å². The summed E-state index contributed by atoms with van der Waals surface area (Å²) in [6, 6.07) is 2.00. The molecule has 0 spiro atoms. The summed E-state index contributed by atoms with van der Waals surface area (Å²) in [6.07, 6.45) is 5.78. The van der Waals surface area contributed by atoms with Gasteiger partial charge in [-0.25, -0.2) is 0 Å². The normalized spacial score (nSPS) is 15.5. The van der Waals surface area contributed by atoms with Crippen molar-refractivity contribution in [2.24, 2.45) is 5.73 Å². The van der Waals surface area contributed by atoms with E-state index in [-0.39, 0.29) is 5.54 Å². The predicted octanol–water partition coefficient (Wildman–Crippen LogP) is 2.23. The van der Waals surface area contributed by atoms with Gasteiger partial charge in [-0.3, -0.25) is 4.90 Å². The molecular weight excluding hydrogens is 188 g/mol. The van der Waals surface area contributed by atoms with Gasteiger partial charge in [0.15, 0.2) is 0 Å². The second-order valence-corrected chi connectivity index (χ2v) is 4.44. The van der Waals surface area contributed by atoms with Crippen LogP contribution in [-0.4, -0.2) is 24.0 Å². The Morgan fingerprint density at radius 3 is 2.73 bits per heavy atom. The molecule has 1 aromatic heterocycles. The van der Waals surface area contributed by atoms with Crippen molar-refractivity contribution >= 4 is 0 Å². The molecule has 0 radical (unpaired) electrons. The summed E-state index contributed by atoms with van der Waals surface area (Å²) < 4.78 is 5.06. The first-order valence-electron chi connectivity index (χ1n) is 5.55. The van der Waals surface area contributed by atoms with Crippen LogP contribution in [0.1, 0.15) is 32.3 Å². The molecule has 1 atom stereocenters. The average Bonchev–Trinajstić information content (AvgIpc) is 2.70. The molecule has 1 aromatic rings. The predicted molar refractivity (Wildman–Crippen MR) is 62.5 cm³/mol. The molecule has 0 bridgehead atoms. The quantitative estimate of drug-likeness (QED) is 0.783. The first-order valence-corrected chi connectivity index (χ1v) is 5.55. The largest absolute Gasteiger partial charge is 0.472 e. The molecule has 3 heteroatoms. The number of hydrogen-bond acceptors (Lipinski definition) is 3. The minimum absolute atomic E-state index is 0.0893. The highest BCUT2D eigenvalue weighted by Crippen LogP contribution is 2.20. The van der Waals surface area contributed by atoms with Gasteiger partial charge in [-0.1, -0.05) is 13.3 Å². The number of nitrogens with zero attached hydrogens (tertiary/aromatic N) is 1. The SMILES string of the molecule is CCCC(C)(CN)N(C)Cc1ccoc1. The van der Waals surface area contributed by atoms with Crippen LogP contribution in [0.4, 0.5) is 0 Å². The van der Waals surface area contributed by atoms with Crippen molar-refractivity contribution in [1.82, 2.24) is 4.90 Å². The Labute approximate surface area is 92.2 Å². The topological polar surface area (TPSA) is 42.4 Å². The highest BCUT2D eigenvalue weighted by molar-refractivity contribution is 5.06. The first-order chi connectivity index (χ1) is 7.12. The Balaban J connectivity index is 2.60. The molecule has 0 amide bonds. The number of furan rings is 1. The summed E-state index contributed by atoms with van der Waals surface area (Å²) in [5.74, 6) is 0. The first kappa shape index (κ1) is 12.3. The standard InChI is InChI=1S/C12H22N2O/c1-4-6-12(2,10-13)14(3)8-11-5-7-15-9-11/h5,7,9H,4,6,8,10,13H2,1-3H3. The highest BCUT2D eigenvalue weighted by Gasteiger charge is 2.26. The Bertz CT molecular complexity index is 271. The maximum absolute atomic E-state index is 5.86. The van der Waals surface area contributed by atoms with E-state index < -0.39 is 0 Å². The van der Waals surface area contributed by atoms with E-state index in [4.69, 9.17) is 10.2 Å². The summed E-state index contributed by atoms with van der Waals surface area (Å²) in [5, 5.41) is 0. The van der Waals surface area contributed by atoms with E-state index in [1.54, 1.807) is 12.5 Å². The third-order valence-electron chi connectivity index (χ3n) is 3.15. The van der Waals surface area contributed by atoms with E-state index in [2.05, 4.69) is 25.8 Å². The summed E-state index contributed by atoms with van der Waals surface area (Å²) in [6.45, 7) is 6.00. The Morgan fingerprint density at radius 1 is 1.53 bits per heavy atom. The second-order valence-electron chi connectivity index (χ2n) is 4.44. The molecule has 0 fully saturated rings. The van der Waals surface area contributed by atoms with Crippen LogP contribution in [0.5, 0.6) is 0 Å². The van der Waals surface area contributed by atoms with Gasteiger partial charge in [0.05, 0.1) is 12.5 Å². The molecule has 15 heavy (non-hydrogen) atoms. The van der Waals surface area contributed by atoms with Crippen LogP contribution in [0.2, 0.25) is 0 Å². The van der Waals surface area contributed by atoms with Gasteiger partial charge in [0.25, 0.3) is 0 Å². The zero-order valence-electron chi connectivity index (χ0n) is 9.99. The van der Waals surface area contributed by atoms with Crippen molar-refractivity contribution in [3.63, 3.8) is 0 Å². The molecule has 0 saturated heterocycles. The lowest BCUT2D eigenvalue weighted by atomic mass is 9.94. The van der Waals surface area contributed by atoms with E-state index in [1.165, 1.54) is 5.56 Å². The van der Waals surface area contributed by atoms with Gasteiger partial charge in [0.2, 0.25) is 0 Å². The van der Waals surface area contributed by atoms with Gasteiger partial charge in [-0.2, -0.15) is 0 Å². The van der Waals surface area contributed by atoms with E-state index >= 15 is 0 Å². The van der Waals surface area contributed by atoms with E-state index in [0.717, 1.165) is 19.4 Å². The molecule has 1 heterocycles. The Morgan fingerprint density at radius 2 is 2.27 bits per heavy atom. The van der Waals surface area contributed by atoms with Gasteiger partial charge in [0.1, 0.15) is 0 Å². The second kappa shape index (κ2) is 5.33. The van der Waals surface area contributed by atoms with Crippen molar-refractivity contribution in [2.45, 2.75) is 38.8 Å². The van der Waals surface area contributed by atoms with Crippen LogP contribution in [0.15, 0.2) is 23.0 Å². The van der Waals surface area contributed by atoms with Crippen LogP contribution in [0.25, 0.3) is 0 Å². The summed E-state index contributed by atoms with van der Waals surface area (Å²) in [4.78, 5) is 2.31. The maximum atomic E-state index is 5.86. The molecule has 3 nitrogen and oxygen atoms in total. The zero-order valence-corrected chi connectivity index (χ0v) is 9.99. The molecule has 0 saturated carbocycles. The summed E-state index contributed by atoms with van der Waals surface area (Å²) in [5.41, 5.74) is 7.15. The van der Waals surface area contributed by atoms with Crippen LogP contribution in [0, 0.1) is 0 Å². The lowest BCUT2D eigenvalue weighted by Crippen LogP contribution is -2.49. The number of nitrogens with two attached hydrogens (primary N) is 1. The van der Waals surface area contributed by atoms with Gasteiger partial charge < -0.3 is 10.2 Å². The van der Waals surface area contributed by atoms with Crippen LogP contribution >= 0.6 is 0 Å². The highest BCUT2D eigenvalue weighted by atomic mass is 16.3. The summed E-state index contributed by atoms with van der Waals surface area (Å²) in [7, 11) is 2.12. The lowest BCUT2D eigenvalue weighted by Gasteiger charge is -2.37. The molecule has 0 aliphatic heterocycles. The molecule has 0 aliphatic rings. The fraction of sp³-hybridized carbons (Fsp3) is 0.667. The fourth-order valence-electron chi connectivity index (χ4n) is 1.83. The van der Waals surface area contributed by atoms with Crippen molar-refractivity contribution in [2.75, 3.05) is 13.6 Å². The van der Waals surface area contributed by atoms with Crippen LogP contribution in [-0.2, 0) is 6.54 Å². The van der Waals surface area contributed by atoms with Crippen molar-refractivity contribution in [3.8, 4) is 0 Å². The van der Waals surface area contributed by atoms with E-state index in [1.807, 2.05) is 6.07 Å². The van der Waals surface area contributed by atoms with Gasteiger partial charge >= 0.3 is 0 Å². The Hall–Kier alpha value is -0.800. The van der Waals surface area contributed by atoms with Gasteiger partial charge in [0, 0.05) is 24.2 Å². The third-order valence-corrected chi connectivity index (χ3v) is 3.15. The molecule has 2 N–H and O–H groups in total. The lowest BCUT2D eigenvalue weighted by molar-refractivity contribution is 0.125. The summed E-state index contributed by atoms with van der Waals surface area (Å²) >= 11 is 0. The smallest absolute Gasteiger partial charge is 0.0947 e. The molecule has 0 aliphatic carbocycles.